The molecule has 0 aromatic carbocycles. The zero-order valence-electron chi connectivity index (χ0n) is 10.7. The summed E-state index contributed by atoms with van der Waals surface area (Å²) < 4.78 is 5.60. The van der Waals surface area contributed by atoms with Crippen LogP contribution in [-0.4, -0.2) is 50.3 Å². The van der Waals surface area contributed by atoms with Crippen LogP contribution in [0.15, 0.2) is 0 Å². The lowest BCUT2D eigenvalue weighted by atomic mass is 9.96. The van der Waals surface area contributed by atoms with Crippen molar-refractivity contribution in [3.8, 4) is 12.3 Å². The van der Waals surface area contributed by atoms with Crippen LogP contribution >= 0.6 is 0 Å². The summed E-state index contributed by atoms with van der Waals surface area (Å²) >= 11 is 0. The van der Waals surface area contributed by atoms with Gasteiger partial charge in [-0.25, -0.2) is 0 Å². The van der Waals surface area contributed by atoms with Gasteiger partial charge in [-0.3, -0.25) is 0 Å². The van der Waals surface area contributed by atoms with Crippen LogP contribution in [0.4, 0.5) is 0 Å². The fraction of sp³-hybridized carbons (Fsp3) is 0.857. The highest BCUT2D eigenvalue weighted by atomic mass is 16.5. The lowest BCUT2D eigenvalue weighted by Gasteiger charge is -2.35. The smallest absolute Gasteiger partial charge is 0.107 e. The number of hydrogen-bond acceptors (Lipinski definition) is 3. The summed E-state index contributed by atoms with van der Waals surface area (Å²) in [5.74, 6) is 3.45. The minimum Gasteiger partial charge on any atom is -0.365 e. The maximum Gasteiger partial charge on any atom is 0.107 e. The van der Waals surface area contributed by atoms with E-state index in [0.717, 1.165) is 18.8 Å². The van der Waals surface area contributed by atoms with Crippen molar-refractivity contribution >= 4 is 0 Å². The van der Waals surface area contributed by atoms with Gasteiger partial charge in [0.05, 0.1) is 6.10 Å². The highest BCUT2D eigenvalue weighted by Crippen LogP contribution is 2.18. The monoisotopic (exact) mass is 236 g/mol. The van der Waals surface area contributed by atoms with Crippen molar-refractivity contribution in [1.82, 2.24) is 10.2 Å². The minimum atomic E-state index is 0.398. The Morgan fingerprint density at radius 3 is 2.53 bits per heavy atom. The zero-order chi connectivity index (χ0) is 11.9. The van der Waals surface area contributed by atoms with Crippen molar-refractivity contribution in [2.24, 2.45) is 5.92 Å². The van der Waals surface area contributed by atoms with Crippen molar-refractivity contribution in [2.45, 2.75) is 31.8 Å². The van der Waals surface area contributed by atoms with Crippen LogP contribution in [0, 0.1) is 18.3 Å². The van der Waals surface area contributed by atoms with Crippen LogP contribution in [-0.2, 0) is 4.74 Å². The Balaban J connectivity index is 1.63. The number of hydrogen-bond donors (Lipinski definition) is 1. The van der Waals surface area contributed by atoms with Gasteiger partial charge in [0.2, 0.25) is 0 Å². The van der Waals surface area contributed by atoms with Crippen LogP contribution in [0.5, 0.6) is 0 Å². The van der Waals surface area contributed by atoms with Gasteiger partial charge in [0, 0.05) is 19.6 Å². The summed E-state index contributed by atoms with van der Waals surface area (Å²) in [7, 11) is 0. The average Bonchev–Trinajstić information content (AvgIpc) is 2.39. The molecule has 0 atom stereocenters. The van der Waals surface area contributed by atoms with Gasteiger partial charge in [0.25, 0.3) is 0 Å². The van der Waals surface area contributed by atoms with Gasteiger partial charge >= 0.3 is 0 Å². The first kappa shape index (κ1) is 12.9. The second-order valence-corrected chi connectivity index (χ2v) is 5.21. The molecule has 0 aliphatic carbocycles. The molecule has 2 aliphatic heterocycles. The first-order valence-electron chi connectivity index (χ1n) is 6.86. The van der Waals surface area contributed by atoms with Gasteiger partial charge in [-0.15, -0.1) is 6.42 Å². The van der Waals surface area contributed by atoms with Crippen molar-refractivity contribution in [1.29, 1.82) is 0 Å². The molecule has 0 amide bonds. The van der Waals surface area contributed by atoms with Crippen molar-refractivity contribution in [3.63, 3.8) is 0 Å². The van der Waals surface area contributed by atoms with E-state index >= 15 is 0 Å². The summed E-state index contributed by atoms with van der Waals surface area (Å²) in [6, 6.07) is 0. The number of piperidine rings is 2. The van der Waals surface area contributed by atoms with Gasteiger partial charge in [-0.05, 0) is 44.7 Å². The molecule has 0 spiro atoms. The minimum absolute atomic E-state index is 0.398. The number of terminal acetylenes is 1. The molecule has 3 nitrogen and oxygen atoms in total. The fourth-order valence-electron chi connectivity index (χ4n) is 2.85. The first-order valence-corrected chi connectivity index (χ1v) is 6.86. The van der Waals surface area contributed by atoms with E-state index in [2.05, 4.69) is 16.1 Å². The van der Waals surface area contributed by atoms with E-state index < -0.39 is 0 Å². The maximum absolute atomic E-state index is 5.60. The zero-order valence-corrected chi connectivity index (χ0v) is 10.7. The van der Waals surface area contributed by atoms with E-state index in [1.54, 1.807) is 0 Å². The standard InChI is InChI=1S/C14H24N2O/c1-2-11-17-14-5-9-16(10-6-14)12-13-3-7-15-8-4-13/h1,13-15H,3-12H2. The summed E-state index contributed by atoms with van der Waals surface area (Å²) in [4.78, 5) is 2.60. The molecule has 3 heteroatoms. The Morgan fingerprint density at radius 2 is 1.88 bits per heavy atom. The number of nitrogens with zero attached hydrogens (tertiary/aromatic N) is 1. The Labute approximate surface area is 105 Å². The highest BCUT2D eigenvalue weighted by Gasteiger charge is 2.22. The Bertz CT molecular complexity index is 247. The Morgan fingerprint density at radius 1 is 1.18 bits per heavy atom. The quantitative estimate of drug-likeness (QED) is 0.740. The largest absolute Gasteiger partial charge is 0.365 e. The summed E-state index contributed by atoms with van der Waals surface area (Å²) in [5, 5.41) is 3.42. The second-order valence-electron chi connectivity index (χ2n) is 5.21. The molecule has 2 rings (SSSR count). The molecule has 0 saturated carbocycles. The van der Waals surface area contributed by atoms with E-state index in [1.165, 1.54) is 45.6 Å². The van der Waals surface area contributed by atoms with Gasteiger partial charge in [0.15, 0.2) is 0 Å². The molecule has 17 heavy (non-hydrogen) atoms. The molecule has 2 heterocycles. The molecule has 0 radical (unpaired) electrons. The van der Waals surface area contributed by atoms with Crippen LogP contribution in [0.1, 0.15) is 25.7 Å². The van der Waals surface area contributed by atoms with Gasteiger partial charge in [-0.1, -0.05) is 5.92 Å². The molecule has 0 aromatic heterocycles. The normalized spacial score (nSPS) is 24.6. The third-order valence-corrected chi connectivity index (χ3v) is 3.91. The van der Waals surface area contributed by atoms with Gasteiger partial charge in [0.1, 0.15) is 6.61 Å². The van der Waals surface area contributed by atoms with Crippen LogP contribution in [0.2, 0.25) is 0 Å². The Hall–Kier alpha value is -0.560. The summed E-state index contributed by atoms with van der Waals surface area (Å²) in [6.45, 7) is 6.51. The molecule has 0 unspecified atom stereocenters. The molecule has 96 valence electrons. The van der Waals surface area contributed by atoms with E-state index in [-0.39, 0.29) is 0 Å². The molecule has 0 aromatic rings. The number of nitrogens with one attached hydrogen (secondary N) is 1. The van der Waals surface area contributed by atoms with Crippen LogP contribution in [0.25, 0.3) is 0 Å². The molecule has 1 N–H and O–H groups in total. The number of rotatable bonds is 4. The summed E-state index contributed by atoms with van der Waals surface area (Å²) in [6.07, 6.45) is 10.6. The third kappa shape index (κ3) is 4.31. The second kappa shape index (κ2) is 7.00. The molecule has 2 fully saturated rings. The van der Waals surface area contributed by atoms with Crippen LogP contribution < -0.4 is 5.32 Å². The van der Waals surface area contributed by atoms with Crippen molar-refractivity contribution < 1.29 is 4.74 Å². The molecular weight excluding hydrogens is 212 g/mol. The number of ether oxygens (including phenoxy) is 1. The predicted octanol–water partition coefficient (Wildman–Crippen LogP) is 1.10. The van der Waals surface area contributed by atoms with E-state index in [1.807, 2.05) is 0 Å². The first-order chi connectivity index (χ1) is 8.38. The Kier molecular flexibility index (Phi) is 5.31. The summed E-state index contributed by atoms with van der Waals surface area (Å²) in [5.41, 5.74) is 0. The topological polar surface area (TPSA) is 24.5 Å². The average molecular weight is 236 g/mol. The molecule has 2 aliphatic rings. The van der Waals surface area contributed by atoms with Gasteiger partial charge in [-0.2, -0.15) is 0 Å². The predicted molar refractivity (Wildman–Crippen MR) is 69.8 cm³/mol. The van der Waals surface area contributed by atoms with E-state index in [9.17, 15) is 0 Å². The maximum atomic E-state index is 5.60. The molecular formula is C14H24N2O. The third-order valence-electron chi connectivity index (χ3n) is 3.91. The fourth-order valence-corrected chi connectivity index (χ4v) is 2.85. The van der Waals surface area contributed by atoms with Gasteiger partial charge < -0.3 is 15.0 Å². The van der Waals surface area contributed by atoms with E-state index in [0.29, 0.717) is 12.7 Å². The van der Waals surface area contributed by atoms with Crippen molar-refractivity contribution in [3.05, 3.63) is 0 Å². The molecule has 2 saturated heterocycles. The SMILES string of the molecule is C#CCOC1CCN(CC2CCNCC2)CC1. The lowest BCUT2D eigenvalue weighted by molar-refractivity contribution is 0.0197. The number of likely N-dealkylation sites (tertiary alicyclic amines) is 1. The highest BCUT2D eigenvalue weighted by molar-refractivity contribution is 4.84. The lowest BCUT2D eigenvalue weighted by Crippen LogP contribution is -2.41. The van der Waals surface area contributed by atoms with Crippen molar-refractivity contribution in [2.75, 3.05) is 39.3 Å². The molecule has 0 bridgehead atoms. The van der Waals surface area contributed by atoms with E-state index in [4.69, 9.17) is 11.2 Å². The van der Waals surface area contributed by atoms with Crippen LogP contribution in [0.3, 0.4) is 0 Å².